The lowest BCUT2D eigenvalue weighted by molar-refractivity contribution is 0.0181. The Morgan fingerprint density at radius 1 is 0.970 bits per heavy atom. The molecule has 1 heterocycles. The predicted octanol–water partition coefficient (Wildman–Crippen LogP) is 4.16. The summed E-state index contributed by atoms with van der Waals surface area (Å²) in [5.74, 6) is 0. The first-order chi connectivity index (χ1) is 15.5. The third-order valence-corrected chi connectivity index (χ3v) is 11.4. The first-order valence-electron chi connectivity index (χ1n) is 11.9. The zero-order valence-electron chi connectivity index (χ0n) is 21.2. The van der Waals surface area contributed by atoms with E-state index in [0.29, 0.717) is 13.2 Å². The van der Waals surface area contributed by atoms with E-state index in [1.165, 1.54) is 10.4 Å². The van der Waals surface area contributed by atoms with Crippen LogP contribution in [0.25, 0.3) is 0 Å². The van der Waals surface area contributed by atoms with Crippen LogP contribution in [-0.4, -0.2) is 57.2 Å². The van der Waals surface area contributed by atoms with Crippen LogP contribution < -0.4 is 15.7 Å². The lowest BCUT2D eigenvalue weighted by atomic mass is 10.2. The third kappa shape index (κ3) is 5.68. The molecule has 1 aliphatic rings. The summed E-state index contributed by atoms with van der Waals surface area (Å²) >= 11 is 0. The van der Waals surface area contributed by atoms with Crippen molar-refractivity contribution in [1.29, 1.82) is 0 Å². The van der Waals surface area contributed by atoms with Crippen molar-refractivity contribution in [3.05, 3.63) is 60.7 Å². The van der Waals surface area contributed by atoms with Gasteiger partial charge >= 0.3 is 6.09 Å². The number of carbonyl (C=O) groups excluding carboxylic acids is 1. The topological polar surface area (TPSA) is 50.8 Å². The number of ether oxygens (including phenoxy) is 1. The van der Waals surface area contributed by atoms with Crippen molar-refractivity contribution in [2.24, 2.45) is 0 Å². The van der Waals surface area contributed by atoms with Crippen molar-refractivity contribution in [3.63, 3.8) is 0 Å². The second-order valence-corrected chi connectivity index (χ2v) is 15.3. The predicted molar refractivity (Wildman–Crippen MR) is 138 cm³/mol. The van der Waals surface area contributed by atoms with E-state index in [4.69, 9.17) is 9.16 Å². The van der Waals surface area contributed by atoms with Gasteiger partial charge in [0, 0.05) is 12.6 Å². The second kappa shape index (κ2) is 10.00. The third-order valence-electron chi connectivity index (χ3n) is 6.36. The Labute approximate surface area is 200 Å². The highest BCUT2D eigenvalue weighted by atomic mass is 28.4. The number of nitrogens with one attached hydrogen (secondary N) is 1. The second-order valence-electron chi connectivity index (χ2n) is 11.0. The Kier molecular flexibility index (Phi) is 7.71. The lowest BCUT2D eigenvalue weighted by Crippen LogP contribution is -2.67. The molecule has 1 saturated heterocycles. The fourth-order valence-electron chi connectivity index (χ4n) is 4.81. The average Bonchev–Trinajstić information content (AvgIpc) is 3.17. The van der Waals surface area contributed by atoms with Crippen molar-refractivity contribution in [2.45, 2.75) is 70.7 Å². The van der Waals surface area contributed by atoms with Crippen LogP contribution in [0.15, 0.2) is 60.7 Å². The van der Waals surface area contributed by atoms with E-state index in [9.17, 15) is 4.79 Å². The summed E-state index contributed by atoms with van der Waals surface area (Å²) in [6, 6.07) is 21.4. The highest BCUT2D eigenvalue weighted by molar-refractivity contribution is 6.99. The van der Waals surface area contributed by atoms with Crippen molar-refractivity contribution in [2.75, 3.05) is 20.2 Å². The fourth-order valence-corrected chi connectivity index (χ4v) is 9.41. The van der Waals surface area contributed by atoms with Crippen LogP contribution in [0, 0.1) is 0 Å². The molecule has 2 aromatic rings. The van der Waals surface area contributed by atoms with Gasteiger partial charge in [0.05, 0.1) is 12.6 Å². The van der Waals surface area contributed by atoms with Crippen LogP contribution in [-0.2, 0) is 9.16 Å². The number of nitrogens with zero attached hydrogens (tertiary/aromatic N) is 1. The normalized spacial score (nSPS) is 19.5. The number of amides is 1. The number of benzene rings is 2. The van der Waals surface area contributed by atoms with Crippen molar-refractivity contribution >= 4 is 24.8 Å². The minimum atomic E-state index is -2.66. The maximum Gasteiger partial charge on any atom is 0.410 e. The van der Waals surface area contributed by atoms with Crippen LogP contribution >= 0.6 is 0 Å². The molecule has 1 aliphatic heterocycles. The molecule has 0 spiro atoms. The van der Waals surface area contributed by atoms with Crippen molar-refractivity contribution < 1.29 is 14.0 Å². The first kappa shape index (κ1) is 25.5. The summed E-state index contributed by atoms with van der Waals surface area (Å²) in [6.07, 6.45) is 0.574. The Hall–Kier alpha value is -2.15. The SMILES string of the molecule is CNC1C[C@@H](CO[Si](c2ccccc2)(c2ccccc2)C(C)(C)C)N(C(=O)OC(C)(C)C)C1. The van der Waals surface area contributed by atoms with Gasteiger partial charge in [-0.25, -0.2) is 4.79 Å². The molecule has 0 aromatic heterocycles. The summed E-state index contributed by atoms with van der Waals surface area (Å²) in [4.78, 5) is 14.9. The Morgan fingerprint density at radius 2 is 1.48 bits per heavy atom. The van der Waals surface area contributed by atoms with Gasteiger partial charge in [-0.05, 0) is 49.7 Å². The molecular weight excluding hydrogens is 428 g/mol. The number of hydrogen-bond acceptors (Lipinski definition) is 4. The molecule has 0 saturated carbocycles. The van der Waals surface area contributed by atoms with Crippen LogP contribution in [0.4, 0.5) is 4.79 Å². The minimum absolute atomic E-state index is 0.0426. The molecular formula is C27H40N2O3Si. The molecule has 1 fully saturated rings. The quantitative estimate of drug-likeness (QED) is 0.647. The molecule has 2 atom stereocenters. The molecule has 0 bridgehead atoms. The molecule has 0 aliphatic carbocycles. The van der Waals surface area contributed by atoms with Gasteiger partial charge in [0.2, 0.25) is 0 Å². The highest BCUT2D eigenvalue weighted by Gasteiger charge is 2.51. The summed E-state index contributed by atoms with van der Waals surface area (Å²) in [6.45, 7) is 13.6. The van der Waals surface area contributed by atoms with Gasteiger partial charge in [-0.15, -0.1) is 0 Å². The van der Waals surface area contributed by atoms with Crippen LogP contribution in [0.2, 0.25) is 5.04 Å². The van der Waals surface area contributed by atoms with Crippen LogP contribution in [0.5, 0.6) is 0 Å². The maximum atomic E-state index is 13.0. The molecule has 5 nitrogen and oxygen atoms in total. The largest absolute Gasteiger partial charge is 0.444 e. The number of rotatable bonds is 6. The van der Waals surface area contributed by atoms with Crippen LogP contribution in [0.3, 0.4) is 0 Å². The standard InChI is InChI=1S/C27H40N2O3Si/c1-26(2,3)32-25(30)29-19-21(28-7)18-22(29)20-31-33(27(4,5)6,23-14-10-8-11-15-23)24-16-12-9-13-17-24/h8-17,21-22,28H,18-20H2,1-7H3/t21?,22-/m0/s1. The van der Waals surface area contributed by atoms with E-state index in [1.54, 1.807) is 0 Å². The Balaban J connectivity index is 1.97. The lowest BCUT2D eigenvalue weighted by Gasteiger charge is -2.44. The van der Waals surface area contributed by atoms with E-state index < -0.39 is 13.9 Å². The van der Waals surface area contributed by atoms with Gasteiger partial charge in [0.1, 0.15) is 5.60 Å². The molecule has 180 valence electrons. The van der Waals surface area contributed by atoms with E-state index in [0.717, 1.165) is 6.42 Å². The fraction of sp³-hybridized carbons (Fsp3) is 0.519. The van der Waals surface area contributed by atoms with Gasteiger partial charge in [-0.2, -0.15) is 0 Å². The van der Waals surface area contributed by atoms with E-state index in [2.05, 4.69) is 86.8 Å². The highest BCUT2D eigenvalue weighted by Crippen LogP contribution is 2.37. The monoisotopic (exact) mass is 468 g/mol. The van der Waals surface area contributed by atoms with Crippen molar-refractivity contribution in [3.8, 4) is 0 Å². The van der Waals surface area contributed by atoms with Crippen LogP contribution in [0.1, 0.15) is 48.0 Å². The molecule has 3 rings (SSSR count). The molecule has 1 unspecified atom stereocenters. The first-order valence-corrected chi connectivity index (χ1v) is 13.8. The minimum Gasteiger partial charge on any atom is -0.444 e. The number of carbonyl (C=O) groups is 1. The van der Waals surface area contributed by atoms with Gasteiger partial charge < -0.3 is 19.4 Å². The van der Waals surface area contributed by atoms with Gasteiger partial charge in [0.15, 0.2) is 0 Å². The summed E-state index contributed by atoms with van der Waals surface area (Å²) < 4.78 is 12.8. The van der Waals surface area contributed by atoms with Gasteiger partial charge in [-0.1, -0.05) is 81.4 Å². The maximum absolute atomic E-state index is 13.0. The van der Waals surface area contributed by atoms with Gasteiger partial charge in [0.25, 0.3) is 8.32 Å². The van der Waals surface area contributed by atoms with E-state index >= 15 is 0 Å². The number of hydrogen-bond donors (Lipinski definition) is 1. The average molecular weight is 469 g/mol. The molecule has 0 radical (unpaired) electrons. The molecule has 1 N–H and O–H groups in total. The molecule has 1 amide bonds. The van der Waals surface area contributed by atoms with E-state index in [1.807, 2.05) is 32.7 Å². The summed E-state index contributed by atoms with van der Waals surface area (Å²) in [5, 5.41) is 5.73. The molecule has 6 heteroatoms. The number of likely N-dealkylation sites (tertiary alicyclic amines) is 1. The van der Waals surface area contributed by atoms with Crippen molar-refractivity contribution in [1.82, 2.24) is 10.2 Å². The van der Waals surface area contributed by atoms with Gasteiger partial charge in [-0.3, -0.25) is 0 Å². The van der Waals surface area contributed by atoms with E-state index in [-0.39, 0.29) is 23.2 Å². The molecule has 2 aromatic carbocycles. The Bertz CT molecular complexity index is 867. The summed E-state index contributed by atoms with van der Waals surface area (Å²) in [7, 11) is -0.712. The molecule has 33 heavy (non-hydrogen) atoms. The Morgan fingerprint density at radius 3 is 1.91 bits per heavy atom. The smallest absolute Gasteiger partial charge is 0.410 e. The number of likely N-dealkylation sites (N-methyl/N-ethyl adjacent to an activating group) is 1. The summed E-state index contributed by atoms with van der Waals surface area (Å²) in [5.41, 5.74) is -0.530. The zero-order chi connectivity index (χ0) is 24.3. The zero-order valence-corrected chi connectivity index (χ0v) is 22.2.